The molecule has 0 spiro atoms. The number of benzene rings is 1. The molecule has 164 valence electrons. The Morgan fingerprint density at radius 3 is 2.68 bits per heavy atom. The zero-order valence-corrected chi connectivity index (χ0v) is 17.7. The molecule has 3 amide bonds. The molecule has 8 nitrogen and oxygen atoms in total. The minimum atomic E-state index is -0.540. The van der Waals surface area contributed by atoms with Crippen molar-refractivity contribution in [1.82, 2.24) is 20.5 Å². The van der Waals surface area contributed by atoms with E-state index in [9.17, 15) is 14.4 Å². The van der Waals surface area contributed by atoms with Crippen molar-refractivity contribution in [3.8, 4) is 5.75 Å². The number of hydrogen-bond donors (Lipinski definition) is 2. The molecule has 1 saturated heterocycles. The van der Waals surface area contributed by atoms with Crippen molar-refractivity contribution < 1.29 is 19.1 Å². The minimum absolute atomic E-state index is 0.151. The van der Waals surface area contributed by atoms with Gasteiger partial charge in [-0.15, -0.1) is 0 Å². The number of pyridine rings is 1. The van der Waals surface area contributed by atoms with Gasteiger partial charge in [-0.1, -0.05) is 12.1 Å². The van der Waals surface area contributed by atoms with Crippen LogP contribution in [0.5, 0.6) is 5.75 Å². The predicted molar refractivity (Wildman–Crippen MR) is 115 cm³/mol. The molecule has 1 fully saturated rings. The summed E-state index contributed by atoms with van der Waals surface area (Å²) in [7, 11) is 0. The molecule has 1 atom stereocenters. The third-order valence-electron chi connectivity index (χ3n) is 5.12. The Balaban J connectivity index is 1.49. The second-order valence-corrected chi connectivity index (χ2v) is 7.26. The van der Waals surface area contributed by atoms with Crippen molar-refractivity contribution in [1.29, 1.82) is 0 Å². The van der Waals surface area contributed by atoms with E-state index in [0.717, 1.165) is 12.0 Å². The van der Waals surface area contributed by atoms with Gasteiger partial charge in [0.05, 0.1) is 12.2 Å². The molecule has 0 bridgehead atoms. The van der Waals surface area contributed by atoms with Gasteiger partial charge in [0.25, 0.3) is 5.91 Å². The average Bonchev–Trinajstić information content (AvgIpc) is 3.29. The molecule has 0 aliphatic carbocycles. The molecule has 1 aromatic heterocycles. The van der Waals surface area contributed by atoms with Crippen molar-refractivity contribution in [3.63, 3.8) is 0 Å². The van der Waals surface area contributed by atoms with Gasteiger partial charge in [-0.25, -0.2) is 0 Å². The van der Waals surface area contributed by atoms with Crippen LogP contribution in [-0.4, -0.2) is 53.3 Å². The first-order chi connectivity index (χ1) is 15.1. The molecule has 8 heteroatoms. The third kappa shape index (κ3) is 6.04. The van der Waals surface area contributed by atoms with Gasteiger partial charge in [-0.05, 0) is 49.6 Å². The van der Waals surface area contributed by atoms with Crippen LogP contribution in [0.4, 0.5) is 0 Å². The summed E-state index contributed by atoms with van der Waals surface area (Å²) in [6.07, 6.45) is 4.87. The average molecular weight is 425 g/mol. The van der Waals surface area contributed by atoms with E-state index in [1.54, 1.807) is 35.5 Å². The molecule has 31 heavy (non-hydrogen) atoms. The predicted octanol–water partition coefficient (Wildman–Crippen LogP) is 1.91. The lowest BCUT2D eigenvalue weighted by Gasteiger charge is -2.25. The van der Waals surface area contributed by atoms with Crippen molar-refractivity contribution in [2.75, 3.05) is 19.7 Å². The molecule has 1 unspecified atom stereocenters. The zero-order valence-electron chi connectivity index (χ0n) is 17.7. The van der Waals surface area contributed by atoms with Crippen LogP contribution in [0.2, 0.25) is 0 Å². The monoisotopic (exact) mass is 424 g/mol. The van der Waals surface area contributed by atoms with E-state index in [1.807, 2.05) is 25.1 Å². The smallest absolute Gasteiger partial charge is 0.258 e. The van der Waals surface area contributed by atoms with Crippen LogP contribution in [0.15, 0.2) is 48.8 Å². The summed E-state index contributed by atoms with van der Waals surface area (Å²) in [6, 6.07) is 10.2. The highest BCUT2D eigenvalue weighted by Crippen LogP contribution is 2.25. The lowest BCUT2D eigenvalue weighted by Crippen LogP contribution is -2.46. The van der Waals surface area contributed by atoms with Crippen LogP contribution in [0.3, 0.4) is 0 Å². The van der Waals surface area contributed by atoms with Crippen LogP contribution in [0, 0.1) is 0 Å². The molecular formula is C23H28N4O4. The van der Waals surface area contributed by atoms with E-state index in [0.29, 0.717) is 37.4 Å². The number of ether oxygens (including phenoxy) is 1. The second-order valence-electron chi connectivity index (χ2n) is 7.26. The lowest BCUT2D eigenvalue weighted by molar-refractivity contribution is -0.125. The van der Waals surface area contributed by atoms with E-state index < -0.39 is 6.04 Å². The number of hydrogen-bond acceptors (Lipinski definition) is 5. The normalized spacial score (nSPS) is 15.4. The second kappa shape index (κ2) is 11.1. The maximum Gasteiger partial charge on any atom is 0.258 e. The quantitative estimate of drug-likeness (QED) is 0.640. The van der Waals surface area contributed by atoms with Crippen LogP contribution in [0.25, 0.3) is 0 Å². The first-order valence-corrected chi connectivity index (χ1v) is 10.6. The van der Waals surface area contributed by atoms with Gasteiger partial charge in [-0.2, -0.15) is 0 Å². The molecule has 2 N–H and O–H groups in total. The SMILES string of the molecule is CCOc1ccccc1C(=O)N1CCCC1C(=O)NCCC(=O)NCc1ccncc1. The van der Waals surface area contributed by atoms with Crippen LogP contribution >= 0.6 is 0 Å². The minimum Gasteiger partial charge on any atom is -0.493 e. The van der Waals surface area contributed by atoms with Crippen LogP contribution in [0.1, 0.15) is 42.1 Å². The van der Waals surface area contributed by atoms with Gasteiger partial charge in [0, 0.05) is 38.4 Å². The largest absolute Gasteiger partial charge is 0.493 e. The fourth-order valence-corrected chi connectivity index (χ4v) is 3.57. The summed E-state index contributed by atoms with van der Waals surface area (Å²) in [6.45, 7) is 3.47. The number of aromatic nitrogens is 1. The standard InChI is InChI=1S/C23H28N4O4/c1-2-31-20-8-4-3-6-18(20)23(30)27-15-5-7-19(27)22(29)25-14-11-21(28)26-16-17-9-12-24-13-10-17/h3-4,6,8-10,12-13,19H,2,5,7,11,14-16H2,1H3,(H,25,29)(H,26,28). The summed E-state index contributed by atoms with van der Waals surface area (Å²) in [5.41, 5.74) is 1.42. The summed E-state index contributed by atoms with van der Waals surface area (Å²) in [5, 5.41) is 5.61. The third-order valence-corrected chi connectivity index (χ3v) is 5.12. The molecule has 3 rings (SSSR count). The first kappa shape index (κ1) is 22.3. The van der Waals surface area contributed by atoms with E-state index in [1.165, 1.54) is 0 Å². The van der Waals surface area contributed by atoms with Crippen molar-refractivity contribution in [2.45, 2.75) is 38.8 Å². The van der Waals surface area contributed by atoms with E-state index in [-0.39, 0.29) is 30.7 Å². The van der Waals surface area contributed by atoms with Crippen molar-refractivity contribution >= 4 is 17.7 Å². The molecule has 2 heterocycles. The highest BCUT2D eigenvalue weighted by Gasteiger charge is 2.35. The Labute approximate surface area is 182 Å². The van der Waals surface area contributed by atoms with E-state index in [4.69, 9.17) is 4.74 Å². The van der Waals surface area contributed by atoms with Gasteiger partial charge < -0.3 is 20.3 Å². The highest BCUT2D eigenvalue weighted by atomic mass is 16.5. The number of nitrogens with one attached hydrogen (secondary N) is 2. The molecule has 0 radical (unpaired) electrons. The van der Waals surface area contributed by atoms with Gasteiger partial charge in [0.15, 0.2) is 0 Å². The molecular weight excluding hydrogens is 396 g/mol. The number of amides is 3. The molecule has 1 aliphatic heterocycles. The molecule has 2 aromatic rings. The topological polar surface area (TPSA) is 101 Å². The highest BCUT2D eigenvalue weighted by molar-refractivity contribution is 6.00. The number of rotatable bonds is 9. The summed E-state index contributed by atoms with van der Waals surface area (Å²) in [5.74, 6) is -0.0764. The van der Waals surface area contributed by atoms with Gasteiger partial charge in [0.1, 0.15) is 11.8 Å². The Hall–Kier alpha value is -3.42. The molecule has 0 saturated carbocycles. The summed E-state index contributed by atoms with van der Waals surface area (Å²) in [4.78, 5) is 43.3. The number of carbonyl (C=O) groups is 3. The zero-order chi connectivity index (χ0) is 22.1. The summed E-state index contributed by atoms with van der Waals surface area (Å²) >= 11 is 0. The Bertz CT molecular complexity index is 903. The number of carbonyl (C=O) groups excluding carboxylic acids is 3. The molecule has 1 aliphatic rings. The fraction of sp³-hybridized carbons (Fsp3) is 0.391. The maximum atomic E-state index is 13.1. The Morgan fingerprint density at radius 2 is 1.90 bits per heavy atom. The van der Waals surface area contributed by atoms with Crippen LogP contribution in [-0.2, 0) is 16.1 Å². The van der Waals surface area contributed by atoms with Gasteiger partial charge in [-0.3, -0.25) is 19.4 Å². The fourth-order valence-electron chi connectivity index (χ4n) is 3.57. The van der Waals surface area contributed by atoms with Crippen molar-refractivity contribution in [3.05, 3.63) is 59.9 Å². The van der Waals surface area contributed by atoms with Crippen molar-refractivity contribution in [2.24, 2.45) is 0 Å². The molecule has 1 aromatic carbocycles. The number of nitrogens with zero attached hydrogens (tertiary/aromatic N) is 2. The first-order valence-electron chi connectivity index (χ1n) is 10.6. The lowest BCUT2D eigenvalue weighted by atomic mass is 10.1. The van der Waals surface area contributed by atoms with Crippen LogP contribution < -0.4 is 15.4 Å². The maximum absolute atomic E-state index is 13.1. The van der Waals surface area contributed by atoms with Gasteiger partial charge in [0.2, 0.25) is 11.8 Å². The van der Waals surface area contributed by atoms with Gasteiger partial charge >= 0.3 is 0 Å². The Kier molecular flexibility index (Phi) is 7.98. The summed E-state index contributed by atoms with van der Waals surface area (Å²) < 4.78 is 5.56. The number of likely N-dealkylation sites (tertiary alicyclic amines) is 1. The Morgan fingerprint density at radius 1 is 1.13 bits per heavy atom. The van der Waals surface area contributed by atoms with E-state index in [2.05, 4.69) is 15.6 Å². The van der Waals surface area contributed by atoms with E-state index >= 15 is 0 Å². The number of para-hydroxylation sites is 1.